The summed E-state index contributed by atoms with van der Waals surface area (Å²) in [5.41, 5.74) is 1.10. The second kappa shape index (κ2) is 7.14. The molecule has 0 amide bonds. The Labute approximate surface area is 143 Å². The van der Waals surface area contributed by atoms with E-state index in [0.717, 1.165) is 32.9 Å². The lowest BCUT2D eigenvalue weighted by atomic mass is 10.2. The average molecular weight is 346 g/mol. The van der Waals surface area contributed by atoms with Gasteiger partial charge in [0.05, 0.1) is 12.9 Å². The molecule has 0 fully saturated rings. The van der Waals surface area contributed by atoms with Crippen LogP contribution in [0.1, 0.15) is 30.2 Å². The van der Waals surface area contributed by atoms with Crippen LogP contribution in [0, 0.1) is 0 Å². The number of ether oxygens (including phenoxy) is 1. The standard InChI is InChI=1S/C16H18N4OS2/c1-11(2)22-10-14-17-18-16-20(14)19-15(23-16)9-6-12-4-7-13(21-3)8-5-12/h4-9,11H,10H2,1-3H3. The van der Waals surface area contributed by atoms with Gasteiger partial charge in [0, 0.05) is 0 Å². The van der Waals surface area contributed by atoms with Crippen molar-refractivity contribution in [2.75, 3.05) is 7.11 Å². The van der Waals surface area contributed by atoms with Crippen LogP contribution in [0.4, 0.5) is 0 Å². The number of hydrogen-bond acceptors (Lipinski definition) is 6. The number of nitrogens with zero attached hydrogens (tertiary/aromatic N) is 4. The molecule has 0 unspecified atom stereocenters. The van der Waals surface area contributed by atoms with E-state index in [1.54, 1.807) is 7.11 Å². The molecule has 0 aliphatic heterocycles. The van der Waals surface area contributed by atoms with Gasteiger partial charge in [0.1, 0.15) is 10.8 Å². The lowest BCUT2D eigenvalue weighted by molar-refractivity contribution is 0.415. The smallest absolute Gasteiger partial charge is 0.234 e. The molecular weight excluding hydrogens is 328 g/mol. The molecule has 1 aromatic carbocycles. The zero-order valence-corrected chi connectivity index (χ0v) is 14.9. The van der Waals surface area contributed by atoms with E-state index in [9.17, 15) is 0 Å². The summed E-state index contributed by atoms with van der Waals surface area (Å²) >= 11 is 3.37. The van der Waals surface area contributed by atoms with Crippen molar-refractivity contribution in [2.45, 2.75) is 24.9 Å². The van der Waals surface area contributed by atoms with Crippen LogP contribution >= 0.6 is 23.1 Å². The molecule has 0 atom stereocenters. The predicted octanol–water partition coefficient (Wildman–Crippen LogP) is 4.01. The van der Waals surface area contributed by atoms with Crippen LogP contribution in [0.25, 0.3) is 17.1 Å². The predicted molar refractivity (Wildman–Crippen MR) is 97.0 cm³/mol. The fraction of sp³-hybridized carbons (Fsp3) is 0.312. The minimum Gasteiger partial charge on any atom is -0.497 e. The Hall–Kier alpha value is -1.86. The number of rotatable bonds is 6. The van der Waals surface area contributed by atoms with Crippen molar-refractivity contribution < 1.29 is 4.74 Å². The lowest BCUT2D eigenvalue weighted by Crippen LogP contribution is -1.96. The number of thioether (sulfide) groups is 1. The molecule has 2 aromatic heterocycles. The van der Waals surface area contributed by atoms with E-state index >= 15 is 0 Å². The normalized spacial score (nSPS) is 11.8. The highest BCUT2D eigenvalue weighted by Crippen LogP contribution is 2.21. The molecule has 0 aliphatic carbocycles. The Kier molecular flexibility index (Phi) is 4.97. The van der Waals surface area contributed by atoms with E-state index in [-0.39, 0.29) is 0 Å². The van der Waals surface area contributed by atoms with Gasteiger partial charge in [-0.1, -0.05) is 43.4 Å². The van der Waals surface area contributed by atoms with Gasteiger partial charge in [-0.2, -0.15) is 21.4 Å². The largest absolute Gasteiger partial charge is 0.497 e. The molecule has 0 saturated heterocycles. The molecule has 0 saturated carbocycles. The molecule has 2 heterocycles. The summed E-state index contributed by atoms with van der Waals surface area (Å²) in [7, 11) is 1.67. The van der Waals surface area contributed by atoms with Gasteiger partial charge in [-0.15, -0.1) is 10.2 Å². The third-order valence-electron chi connectivity index (χ3n) is 3.15. The van der Waals surface area contributed by atoms with Gasteiger partial charge < -0.3 is 4.74 Å². The van der Waals surface area contributed by atoms with Gasteiger partial charge in [-0.05, 0) is 29.0 Å². The average Bonchev–Trinajstić information content (AvgIpc) is 3.11. The van der Waals surface area contributed by atoms with Gasteiger partial charge in [0.25, 0.3) is 0 Å². The Morgan fingerprint density at radius 1 is 1.22 bits per heavy atom. The molecule has 23 heavy (non-hydrogen) atoms. The number of fused-ring (bicyclic) bond motifs is 1. The van der Waals surface area contributed by atoms with Crippen LogP contribution in [-0.2, 0) is 5.75 Å². The van der Waals surface area contributed by atoms with E-state index in [2.05, 4.69) is 29.1 Å². The Morgan fingerprint density at radius 3 is 2.70 bits per heavy atom. The van der Waals surface area contributed by atoms with Crippen LogP contribution in [0.5, 0.6) is 5.75 Å². The van der Waals surface area contributed by atoms with Crippen molar-refractivity contribution in [3.63, 3.8) is 0 Å². The zero-order valence-electron chi connectivity index (χ0n) is 13.3. The highest BCUT2D eigenvalue weighted by molar-refractivity contribution is 7.99. The quantitative estimate of drug-likeness (QED) is 0.675. The van der Waals surface area contributed by atoms with E-state index < -0.39 is 0 Å². The zero-order chi connectivity index (χ0) is 16.2. The van der Waals surface area contributed by atoms with E-state index in [4.69, 9.17) is 4.74 Å². The van der Waals surface area contributed by atoms with E-state index in [1.165, 1.54) is 11.3 Å². The third kappa shape index (κ3) is 3.92. The summed E-state index contributed by atoms with van der Waals surface area (Å²) in [6.45, 7) is 4.35. The lowest BCUT2D eigenvalue weighted by Gasteiger charge is -2.00. The summed E-state index contributed by atoms with van der Waals surface area (Å²) in [5, 5.41) is 14.5. The second-order valence-corrected chi connectivity index (χ2v) is 7.77. The first kappa shape index (κ1) is 16.0. The number of aromatic nitrogens is 4. The molecule has 0 bridgehead atoms. The number of methoxy groups -OCH3 is 1. The minimum absolute atomic E-state index is 0.565. The monoisotopic (exact) mass is 346 g/mol. The summed E-state index contributed by atoms with van der Waals surface area (Å²) in [6, 6.07) is 7.92. The maximum atomic E-state index is 5.16. The first-order valence-corrected chi connectivity index (χ1v) is 9.17. The fourth-order valence-corrected chi connectivity index (χ4v) is 3.38. The van der Waals surface area contributed by atoms with Crippen molar-refractivity contribution in [3.8, 4) is 5.75 Å². The van der Waals surface area contributed by atoms with E-state index in [0.29, 0.717) is 5.25 Å². The van der Waals surface area contributed by atoms with Crippen molar-refractivity contribution in [3.05, 3.63) is 40.7 Å². The summed E-state index contributed by atoms with van der Waals surface area (Å²) in [6.07, 6.45) is 4.04. The third-order valence-corrected chi connectivity index (χ3v) is 5.11. The Balaban J connectivity index is 1.76. The van der Waals surface area contributed by atoms with Gasteiger partial charge in [0.15, 0.2) is 5.82 Å². The second-order valence-electron chi connectivity index (χ2n) is 5.22. The summed E-state index contributed by atoms with van der Waals surface area (Å²) in [5.74, 6) is 2.58. The minimum atomic E-state index is 0.565. The summed E-state index contributed by atoms with van der Waals surface area (Å²) in [4.78, 5) is 0.832. The van der Waals surface area contributed by atoms with Crippen LogP contribution in [0.2, 0.25) is 0 Å². The molecule has 5 nitrogen and oxygen atoms in total. The van der Waals surface area contributed by atoms with Crippen LogP contribution < -0.4 is 4.74 Å². The van der Waals surface area contributed by atoms with Crippen molar-refractivity contribution in [1.82, 2.24) is 19.8 Å². The Morgan fingerprint density at radius 2 is 2.00 bits per heavy atom. The topological polar surface area (TPSA) is 52.3 Å². The van der Waals surface area contributed by atoms with Crippen LogP contribution in [0.15, 0.2) is 24.3 Å². The molecular formula is C16H18N4OS2. The van der Waals surface area contributed by atoms with Crippen LogP contribution in [-0.4, -0.2) is 32.2 Å². The molecule has 0 spiro atoms. The molecule has 120 valence electrons. The van der Waals surface area contributed by atoms with Crippen molar-refractivity contribution in [2.24, 2.45) is 0 Å². The van der Waals surface area contributed by atoms with Crippen molar-refractivity contribution in [1.29, 1.82) is 0 Å². The van der Waals surface area contributed by atoms with E-state index in [1.807, 2.05) is 52.7 Å². The van der Waals surface area contributed by atoms with Gasteiger partial charge in [-0.25, -0.2) is 0 Å². The molecule has 3 rings (SSSR count). The van der Waals surface area contributed by atoms with Gasteiger partial charge >= 0.3 is 0 Å². The fourth-order valence-electron chi connectivity index (χ4n) is 1.95. The summed E-state index contributed by atoms with van der Waals surface area (Å²) < 4.78 is 7.00. The Bertz CT molecular complexity index is 805. The first-order chi connectivity index (χ1) is 11.2. The molecule has 0 aliphatic rings. The van der Waals surface area contributed by atoms with Crippen molar-refractivity contribution >= 4 is 40.2 Å². The molecule has 7 heteroatoms. The molecule has 3 aromatic rings. The van der Waals surface area contributed by atoms with Gasteiger partial charge in [-0.3, -0.25) is 0 Å². The highest BCUT2D eigenvalue weighted by Gasteiger charge is 2.11. The number of hydrogen-bond donors (Lipinski definition) is 0. The number of benzene rings is 1. The SMILES string of the molecule is COc1ccc(C=Cc2nn3c(CSC(C)C)nnc3s2)cc1. The van der Waals surface area contributed by atoms with Crippen LogP contribution in [0.3, 0.4) is 0 Å². The maximum absolute atomic E-state index is 5.16. The molecule has 0 N–H and O–H groups in total. The molecule has 0 radical (unpaired) electrons. The first-order valence-electron chi connectivity index (χ1n) is 7.30. The van der Waals surface area contributed by atoms with Gasteiger partial charge in [0.2, 0.25) is 4.96 Å². The highest BCUT2D eigenvalue weighted by atomic mass is 32.2. The maximum Gasteiger partial charge on any atom is 0.234 e.